The number of rotatable bonds is 4. The number of aliphatic imine (C=N–C) groups is 1. The van der Waals surface area contributed by atoms with Gasteiger partial charge in [-0.2, -0.15) is 4.58 Å². The summed E-state index contributed by atoms with van der Waals surface area (Å²) in [4.78, 5) is 34.5. The predicted molar refractivity (Wildman–Crippen MR) is 128 cm³/mol. The molecule has 4 aliphatic heterocycles. The number of hydrogen-bond donors (Lipinski definition) is 0. The van der Waals surface area contributed by atoms with Crippen LogP contribution < -0.4 is 0 Å². The fraction of sp³-hybridized carbons (Fsp3) is 0.481. The number of ether oxygens (including phenoxy) is 1. The molecule has 4 heterocycles. The van der Waals surface area contributed by atoms with Gasteiger partial charge in [0.2, 0.25) is 0 Å². The van der Waals surface area contributed by atoms with E-state index >= 15 is 0 Å². The summed E-state index contributed by atoms with van der Waals surface area (Å²) in [6.45, 7) is 7.54. The Bertz CT molecular complexity index is 1230. The van der Waals surface area contributed by atoms with Crippen molar-refractivity contribution in [3.8, 4) is 0 Å². The highest BCUT2D eigenvalue weighted by atomic mass is 19.1. The largest absolute Gasteiger partial charge is 0.343 e. The molecule has 3 fully saturated rings. The monoisotopic (exact) mass is 477 g/mol. The molecule has 0 spiro atoms. The summed E-state index contributed by atoms with van der Waals surface area (Å²) in [7, 11) is 0. The molecule has 0 N–H and O–H groups in total. The van der Waals surface area contributed by atoms with Crippen LogP contribution in [0.5, 0.6) is 0 Å². The molecule has 2 atom stereocenters. The summed E-state index contributed by atoms with van der Waals surface area (Å²) >= 11 is 0. The van der Waals surface area contributed by atoms with Crippen LogP contribution in [0, 0.1) is 17.2 Å². The van der Waals surface area contributed by atoms with Crippen molar-refractivity contribution < 1.29 is 23.3 Å². The standard InChI is InChI=1S/C27H30FN4O3/c1-27(2,3)13-22-26(34)31-11-10-30(15-23(31)35-22)25(33)20-14-32-21(17-6-8-18(28)9-7-17)12-19(16-4-5-16)24(32)29-20/h6-9,12,14,16,22-23H,4-5,10-11,13,15H2,1-3H3/q+1. The van der Waals surface area contributed by atoms with Gasteiger partial charge >= 0.3 is 11.7 Å². The van der Waals surface area contributed by atoms with Crippen molar-refractivity contribution in [3.63, 3.8) is 0 Å². The van der Waals surface area contributed by atoms with Crippen molar-refractivity contribution in [1.29, 1.82) is 0 Å². The second kappa shape index (κ2) is 7.95. The summed E-state index contributed by atoms with van der Waals surface area (Å²) in [5.74, 6) is 0.841. The van der Waals surface area contributed by atoms with Gasteiger partial charge in [0.15, 0.2) is 12.4 Å². The van der Waals surface area contributed by atoms with E-state index in [9.17, 15) is 14.0 Å². The summed E-state index contributed by atoms with van der Waals surface area (Å²) < 4.78 is 21.5. The maximum absolute atomic E-state index is 13.5. The zero-order valence-corrected chi connectivity index (χ0v) is 20.3. The minimum absolute atomic E-state index is 0.0209. The van der Waals surface area contributed by atoms with Crippen LogP contribution in [0.3, 0.4) is 0 Å². The number of carbonyl (C=O) groups is 2. The maximum atomic E-state index is 13.5. The molecule has 6 rings (SSSR count). The highest BCUT2D eigenvalue weighted by Crippen LogP contribution is 2.41. The number of amidine groups is 1. The van der Waals surface area contributed by atoms with E-state index in [-0.39, 0.29) is 23.0 Å². The molecule has 0 bridgehead atoms. The Balaban J connectivity index is 1.23. The van der Waals surface area contributed by atoms with E-state index in [4.69, 9.17) is 9.73 Å². The molecule has 35 heavy (non-hydrogen) atoms. The SMILES string of the molecule is CC(C)(C)CC1OC2CN(C(=O)C3=C[N+]4=C(c5ccc(F)cc5)C=C(C5CC5)C4=N3)CCN2C1=O. The number of piperazine rings is 1. The molecule has 7 nitrogen and oxygen atoms in total. The quantitative estimate of drug-likeness (QED) is 0.626. The van der Waals surface area contributed by atoms with Crippen molar-refractivity contribution in [1.82, 2.24) is 9.80 Å². The molecule has 2 saturated heterocycles. The van der Waals surface area contributed by atoms with Crippen molar-refractivity contribution in [3.05, 3.63) is 59.2 Å². The first-order valence-electron chi connectivity index (χ1n) is 12.4. The predicted octanol–water partition coefficient (Wildman–Crippen LogP) is 3.06. The molecule has 182 valence electrons. The number of nitrogens with zero attached hydrogens (tertiary/aromatic N) is 4. The Labute approximate surface area is 204 Å². The lowest BCUT2D eigenvalue weighted by Crippen LogP contribution is -2.53. The average Bonchev–Trinajstić information content (AvgIpc) is 3.35. The van der Waals surface area contributed by atoms with E-state index in [1.54, 1.807) is 28.1 Å². The topological polar surface area (TPSA) is 65.2 Å². The zero-order chi connectivity index (χ0) is 24.5. The van der Waals surface area contributed by atoms with Crippen LogP contribution in [0.2, 0.25) is 0 Å². The molecule has 1 aliphatic carbocycles. The lowest BCUT2D eigenvalue weighted by Gasteiger charge is -2.35. The first-order valence-corrected chi connectivity index (χ1v) is 12.4. The van der Waals surface area contributed by atoms with Crippen molar-refractivity contribution in [2.75, 3.05) is 19.6 Å². The molecule has 1 saturated carbocycles. The van der Waals surface area contributed by atoms with E-state index in [0.717, 1.165) is 35.5 Å². The Morgan fingerprint density at radius 3 is 2.63 bits per heavy atom. The molecular weight excluding hydrogens is 447 g/mol. The van der Waals surface area contributed by atoms with Crippen molar-refractivity contribution in [2.45, 2.75) is 52.4 Å². The van der Waals surface area contributed by atoms with Gasteiger partial charge in [-0.15, -0.1) is 0 Å². The summed E-state index contributed by atoms with van der Waals surface area (Å²) in [5, 5.41) is 0. The van der Waals surface area contributed by atoms with Gasteiger partial charge in [-0.25, -0.2) is 4.39 Å². The van der Waals surface area contributed by atoms with Gasteiger partial charge in [0.05, 0.1) is 12.1 Å². The molecule has 5 aliphatic rings. The van der Waals surface area contributed by atoms with Crippen LogP contribution in [0.25, 0.3) is 0 Å². The smallest absolute Gasteiger partial charge is 0.332 e. The van der Waals surface area contributed by atoms with Crippen molar-refractivity contribution >= 4 is 23.4 Å². The lowest BCUT2D eigenvalue weighted by molar-refractivity contribution is -0.315. The van der Waals surface area contributed by atoms with Gasteiger partial charge in [0.25, 0.3) is 11.6 Å². The first-order chi connectivity index (χ1) is 16.7. The molecular formula is C27H30FN4O3+. The molecule has 1 aromatic carbocycles. The highest BCUT2D eigenvalue weighted by Gasteiger charge is 2.48. The van der Waals surface area contributed by atoms with Gasteiger partial charge in [-0.05, 0) is 65.9 Å². The van der Waals surface area contributed by atoms with Gasteiger partial charge in [0.1, 0.15) is 17.6 Å². The van der Waals surface area contributed by atoms with Crippen LogP contribution >= 0.6 is 0 Å². The van der Waals surface area contributed by atoms with Crippen LogP contribution in [-0.2, 0) is 14.3 Å². The summed E-state index contributed by atoms with van der Waals surface area (Å²) in [6.07, 6.45) is 5.92. The maximum Gasteiger partial charge on any atom is 0.332 e. The second-order valence-electron chi connectivity index (χ2n) is 11.2. The molecule has 8 heteroatoms. The number of halogens is 1. The third-order valence-corrected chi connectivity index (χ3v) is 7.19. The number of amides is 2. The zero-order valence-electron chi connectivity index (χ0n) is 20.3. The summed E-state index contributed by atoms with van der Waals surface area (Å²) in [5.41, 5.74) is 3.30. The molecule has 0 aromatic heterocycles. The number of benzene rings is 1. The number of fused-ring (bicyclic) bond motifs is 2. The number of carbonyl (C=O) groups excluding carboxylic acids is 2. The van der Waals surface area contributed by atoms with Crippen LogP contribution in [-0.4, -0.2) is 69.7 Å². The van der Waals surface area contributed by atoms with Gasteiger partial charge < -0.3 is 14.5 Å². The number of allylic oxidation sites excluding steroid dienone is 1. The van der Waals surface area contributed by atoms with Crippen LogP contribution in [0.4, 0.5) is 4.39 Å². The minimum atomic E-state index is -0.453. The Kier molecular flexibility index (Phi) is 5.07. The van der Waals surface area contributed by atoms with Crippen LogP contribution in [0.1, 0.15) is 45.6 Å². The summed E-state index contributed by atoms with van der Waals surface area (Å²) in [6, 6.07) is 6.40. The van der Waals surface area contributed by atoms with Gasteiger partial charge in [-0.3, -0.25) is 9.59 Å². The Hall–Kier alpha value is -3.13. The fourth-order valence-electron chi connectivity index (χ4n) is 5.28. The lowest BCUT2D eigenvalue weighted by atomic mass is 9.89. The molecule has 2 amide bonds. The third kappa shape index (κ3) is 4.03. The first kappa shape index (κ1) is 22.3. The molecule has 1 aromatic rings. The van der Waals surface area contributed by atoms with E-state index < -0.39 is 12.3 Å². The van der Waals surface area contributed by atoms with E-state index in [1.165, 1.54) is 12.1 Å². The van der Waals surface area contributed by atoms with Crippen molar-refractivity contribution in [2.24, 2.45) is 16.3 Å². The van der Waals surface area contributed by atoms with Gasteiger partial charge in [0, 0.05) is 18.7 Å². The van der Waals surface area contributed by atoms with E-state index in [1.807, 2.05) is 4.58 Å². The third-order valence-electron chi connectivity index (χ3n) is 7.19. The highest BCUT2D eigenvalue weighted by molar-refractivity contribution is 6.18. The molecule has 2 unspecified atom stereocenters. The van der Waals surface area contributed by atoms with Crippen LogP contribution in [0.15, 0.2) is 52.8 Å². The Morgan fingerprint density at radius 2 is 1.94 bits per heavy atom. The van der Waals surface area contributed by atoms with Gasteiger partial charge in [-0.1, -0.05) is 20.8 Å². The van der Waals surface area contributed by atoms with E-state index in [2.05, 4.69) is 26.8 Å². The normalized spacial score (nSPS) is 26.1. The average molecular weight is 478 g/mol. The van der Waals surface area contributed by atoms with E-state index in [0.29, 0.717) is 37.7 Å². The fourth-order valence-corrected chi connectivity index (χ4v) is 5.28. The number of hydrogen-bond acceptors (Lipinski definition) is 4. The minimum Gasteiger partial charge on any atom is -0.343 e. The molecule has 0 radical (unpaired) electrons. The Morgan fingerprint density at radius 1 is 1.20 bits per heavy atom. The second-order valence-corrected chi connectivity index (χ2v) is 11.2.